The van der Waals surface area contributed by atoms with E-state index in [4.69, 9.17) is 23.2 Å². The van der Waals surface area contributed by atoms with Crippen LogP contribution in [0, 0.1) is 17.1 Å². The van der Waals surface area contributed by atoms with Gasteiger partial charge in [-0.05, 0) is 59.2 Å². The SMILES string of the molecule is N#C/C(=C\c1ccc(Cc2ccccc2F)c(Cl)c1)C(=O)Nc1ccc(Cl)cc1. The van der Waals surface area contributed by atoms with Crippen LogP contribution in [0.25, 0.3) is 6.08 Å². The van der Waals surface area contributed by atoms with Gasteiger partial charge in [-0.2, -0.15) is 5.26 Å². The standard InChI is InChI=1S/C23H15Cl2FN2O/c24-19-7-9-20(10-8-19)28-23(29)18(14-27)11-15-5-6-16(21(25)12-15)13-17-3-1-2-4-22(17)26/h1-12H,13H2,(H,28,29)/b18-11+. The Balaban J connectivity index is 1.78. The molecule has 0 radical (unpaired) electrons. The van der Waals surface area contributed by atoms with E-state index in [1.807, 2.05) is 6.07 Å². The highest BCUT2D eigenvalue weighted by atomic mass is 35.5. The van der Waals surface area contributed by atoms with Gasteiger partial charge in [-0.1, -0.05) is 53.5 Å². The number of rotatable bonds is 5. The van der Waals surface area contributed by atoms with E-state index in [0.29, 0.717) is 33.3 Å². The van der Waals surface area contributed by atoms with Crippen LogP contribution in [0.5, 0.6) is 0 Å². The van der Waals surface area contributed by atoms with Crippen LogP contribution in [0.2, 0.25) is 10.0 Å². The van der Waals surface area contributed by atoms with E-state index in [0.717, 1.165) is 5.56 Å². The predicted molar refractivity (Wildman–Crippen MR) is 114 cm³/mol. The average Bonchev–Trinajstić information content (AvgIpc) is 2.71. The van der Waals surface area contributed by atoms with Gasteiger partial charge in [-0.25, -0.2) is 4.39 Å². The highest BCUT2D eigenvalue weighted by Crippen LogP contribution is 2.24. The van der Waals surface area contributed by atoms with E-state index in [1.54, 1.807) is 60.7 Å². The molecule has 0 aromatic heterocycles. The van der Waals surface area contributed by atoms with E-state index >= 15 is 0 Å². The van der Waals surface area contributed by atoms with Gasteiger partial charge in [-0.3, -0.25) is 4.79 Å². The quantitative estimate of drug-likeness (QED) is 0.387. The maximum Gasteiger partial charge on any atom is 0.266 e. The third-order valence-corrected chi connectivity index (χ3v) is 4.80. The lowest BCUT2D eigenvalue weighted by molar-refractivity contribution is -0.112. The number of amides is 1. The molecule has 144 valence electrons. The Labute approximate surface area is 178 Å². The van der Waals surface area contributed by atoms with Crippen molar-refractivity contribution in [3.8, 4) is 6.07 Å². The number of benzene rings is 3. The van der Waals surface area contributed by atoms with Crippen LogP contribution in [-0.4, -0.2) is 5.91 Å². The van der Waals surface area contributed by atoms with Crippen molar-refractivity contribution in [2.75, 3.05) is 5.32 Å². The summed E-state index contributed by atoms with van der Waals surface area (Å²) in [5, 5.41) is 13.0. The van der Waals surface area contributed by atoms with E-state index in [-0.39, 0.29) is 11.4 Å². The van der Waals surface area contributed by atoms with Gasteiger partial charge < -0.3 is 5.32 Å². The van der Waals surface area contributed by atoms with Crippen molar-refractivity contribution in [2.24, 2.45) is 0 Å². The summed E-state index contributed by atoms with van der Waals surface area (Å²) >= 11 is 12.2. The minimum atomic E-state index is -0.540. The van der Waals surface area contributed by atoms with Crippen LogP contribution in [-0.2, 0) is 11.2 Å². The number of hydrogen-bond donors (Lipinski definition) is 1. The zero-order valence-corrected chi connectivity index (χ0v) is 16.6. The molecular formula is C23H15Cl2FN2O. The molecule has 3 aromatic carbocycles. The highest BCUT2D eigenvalue weighted by Gasteiger charge is 2.11. The molecule has 0 heterocycles. The first-order valence-corrected chi connectivity index (χ1v) is 9.42. The summed E-state index contributed by atoms with van der Waals surface area (Å²) < 4.78 is 13.9. The zero-order chi connectivity index (χ0) is 20.8. The van der Waals surface area contributed by atoms with Crippen molar-refractivity contribution in [3.63, 3.8) is 0 Å². The summed E-state index contributed by atoms with van der Waals surface area (Å²) in [5.41, 5.74) is 2.34. The van der Waals surface area contributed by atoms with E-state index < -0.39 is 5.91 Å². The van der Waals surface area contributed by atoms with Crippen LogP contribution in [0.15, 0.2) is 72.3 Å². The molecule has 0 unspecified atom stereocenters. The van der Waals surface area contributed by atoms with Crippen LogP contribution in [0.3, 0.4) is 0 Å². The third kappa shape index (κ3) is 5.45. The van der Waals surface area contributed by atoms with Crippen molar-refractivity contribution in [3.05, 3.63) is 105 Å². The molecule has 0 aliphatic carbocycles. The number of carbonyl (C=O) groups excluding carboxylic acids is 1. The maximum atomic E-state index is 13.9. The Morgan fingerprint density at radius 1 is 1.03 bits per heavy atom. The number of nitrogens with one attached hydrogen (secondary N) is 1. The van der Waals surface area contributed by atoms with Gasteiger partial charge in [0.25, 0.3) is 5.91 Å². The molecule has 0 bridgehead atoms. The molecule has 3 aromatic rings. The van der Waals surface area contributed by atoms with E-state index in [9.17, 15) is 14.4 Å². The Bertz CT molecular complexity index is 1120. The van der Waals surface area contributed by atoms with Gasteiger partial charge in [0.2, 0.25) is 0 Å². The van der Waals surface area contributed by atoms with Crippen LogP contribution in [0.4, 0.5) is 10.1 Å². The maximum absolute atomic E-state index is 13.9. The average molecular weight is 425 g/mol. The summed E-state index contributed by atoms with van der Waals surface area (Å²) in [6, 6.07) is 20.1. The second-order valence-corrected chi connectivity index (χ2v) is 7.09. The zero-order valence-electron chi connectivity index (χ0n) is 15.1. The van der Waals surface area contributed by atoms with Gasteiger partial charge in [0, 0.05) is 22.2 Å². The fourth-order valence-corrected chi connectivity index (χ4v) is 3.07. The lowest BCUT2D eigenvalue weighted by Gasteiger charge is -2.08. The molecule has 1 N–H and O–H groups in total. The molecule has 29 heavy (non-hydrogen) atoms. The van der Waals surface area contributed by atoms with Crippen molar-refractivity contribution >= 4 is 40.9 Å². The Morgan fingerprint density at radius 3 is 2.41 bits per heavy atom. The summed E-state index contributed by atoms with van der Waals surface area (Å²) in [7, 11) is 0. The first-order chi connectivity index (χ1) is 14.0. The highest BCUT2D eigenvalue weighted by molar-refractivity contribution is 6.31. The monoisotopic (exact) mass is 424 g/mol. The number of nitrogens with zero attached hydrogens (tertiary/aromatic N) is 1. The minimum absolute atomic E-state index is 0.0714. The lowest BCUT2D eigenvalue weighted by atomic mass is 10.0. The van der Waals surface area contributed by atoms with Crippen LogP contribution < -0.4 is 5.32 Å². The van der Waals surface area contributed by atoms with Gasteiger partial charge >= 0.3 is 0 Å². The molecule has 0 aliphatic heterocycles. The molecule has 0 saturated heterocycles. The van der Waals surface area contributed by atoms with Crippen molar-refractivity contribution in [2.45, 2.75) is 6.42 Å². The first kappa shape index (κ1) is 20.6. The third-order valence-electron chi connectivity index (χ3n) is 4.19. The second-order valence-electron chi connectivity index (χ2n) is 6.25. The Kier molecular flexibility index (Phi) is 6.66. The molecule has 0 fully saturated rings. The molecule has 0 saturated carbocycles. The summed E-state index contributed by atoms with van der Waals surface area (Å²) in [5.74, 6) is -0.834. The summed E-state index contributed by atoms with van der Waals surface area (Å²) in [6.07, 6.45) is 1.79. The van der Waals surface area contributed by atoms with E-state index in [2.05, 4.69) is 5.32 Å². The topological polar surface area (TPSA) is 52.9 Å². The number of nitriles is 1. The fourth-order valence-electron chi connectivity index (χ4n) is 2.69. The fraction of sp³-hybridized carbons (Fsp3) is 0.0435. The number of halogens is 3. The van der Waals surface area contributed by atoms with Gasteiger partial charge in [-0.15, -0.1) is 0 Å². The minimum Gasteiger partial charge on any atom is -0.321 e. The number of hydrogen-bond acceptors (Lipinski definition) is 2. The van der Waals surface area contributed by atoms with Crippen molar-refractivity contribution < 1.29 is 9.18 Å². The Morgan fingerprint density at radius 2 is 1.76 bits per heavy atom. The normalized spacial score (nSPS) is 11.0. The first-order valence-electron chi connectivity index (χ1n) is 8.67. The molecular weight excluding hydrogens is 410 g/mol. The van der Waals surface area contributed by atoms with Gasteiger partial charge in [0.05, 0.1) is 0 Å². The van der Waals surface area contributed by atoms with Crippen molar-refractivity contribution in [1.82, 2.24) is 0 Å². The second kappa shape index (κ2) is 9.38. The van der Waals surface area contributed by atoms with Gasteiger partial charge in [0.15, 0.2) is 0 Å². The molecule has 0 atom stereocenters. The van der Waals surface area contributed by atoms with Crippen LogP contribution >= 0.6 is 23.2 Å². The molecule has 6 heteroatoms. The molecule has 3 nitrogen and oxygen atoms in total. The Hall–Kier alpha value is -3.13. The molecule has 3 rings (SSSR count). The lowest BCUT2D eigenvalue weighted by Crippen LogP contribution is -2.13. The van der Waals surface area contributed by atoms with Crippen LogP contribution in [0.1, 0.15) is 16.7 Å². The van der Waals surface area contributed by atoms with Crippen molar-refractivity contribution in [1.29, 1.82) is 5.26 Å². The van der Waals surface area contributed by atoms with E-state index in [1.165, 1.54) is 12.1 Å². The number of anilines is 1. The number of carbonyl (C=O) groups is 1. The summed E-state index contributed by atoms with van der Waals surface area (Å²) in [4.78, 5) is 12.4. The molecule has 1 amide bonds. The van der Waals surface area contributed by atoms with Gasteiger partial charge in [0.1, 0.15) is 17.5 Å². The smallest absolute Gasteiger partial charge is 0.266 e. The molecule has 0 spiro atoms. The summed E-state index contributed by atoms with van der Waals surface area (Å²) in [6.45, 7) is 0. The predicted octanol–water partition coefficient (Wildman–Crippen LogP) is 6.27. The molecule has 0 aliphatic rings. The largest absolute Gasteiger partial charge is 0.321 e.